The summed E-state index contributed by atoms with van der Waals surface area (Å²) in [7, 11) is 0. The Balaban J connectivity index is 2.76. The van der Waals surface area contributed by atoms with Gasteiger partial charge < -0.3 is 11.1 Å². The van der Waals surface area contributed by atoms with E-state index in [1.807, 2.05) is 0 Å². The van der Waals surface area contributed by atoms with Crippen LogP contribution in [0.25, 0.3) is 0 Å². The average Bonchev–Trinajstić information content (AvgIpc) is 2.17. The second kappa shape index (κ2) is 5.53. The Labute approximate surface area is 97.2 Å². The van der Waals surface area contributed by atoms with Crippen LogP contribution in [0.3, 0.4) is 0 Å². The van der Waals surface area contributed by atoms with Crippen molar-refractivity contribution in [3.8, 4) is 0 Å². The van der Waals surface area contributed by atoms with E-state index in [9.17, 15) is 0 Å². The van der Waals surface area contributed by atoms with E-state index in [2.05, 4.69) is 33.2 Å². The van der Waals surface area contributed by atoms with Crippen molar-refractivity contribution < 1.29 is 0 Å². The van der Waals surface area contributed by atoms with Crippen molar-refractivity contribution in [2.24, 2.45) is 5.73 Å². The van der Waals surface area contributed by atoms with Gasteiger partial charge in [0.2, 0.25) is 0 Å². The van der Waals surface area contributed by atoms with Crippen LogP contribution in [0.4, 0.5) is 5.82 Å². The largest absolute Gasteiger partial charge is 0.365 e. The fourth-order valence-electron chi connectivity index (χ4n) is 1.04. The number of nitrogens with one attached hydrogen (secondary N) is 1. The fourth-order valence-corrected chi connectivity index (χ4v) is 1.73. The van der Waals surface area contributed by atoms with Crippen molar-refractivity contribution in [3.05, 3.63) is 21.8 Å². The standard InChI is InChI=1S/C9H13BrClN3/c1-2-7(4-12)14-9-8(11)3-6(10)5-13-9/h3,5,7H,2,4,12H2,1H3,(H,13,14). The van der Waals surface area contributed by atoms with E-state index in [4.69, 9.17) is 17.3 Å². The van der Waals surface area contributed by atoms with E-state index in [-0.39, 0.29) is 6.04 Å². The molecule has 5 heteroatoms. The Morgan fingerprint density at radius 1 is 1.71 bits per heavy atom. The van der Waals surface area contributed by atoms with E-state index in [1.165, 1.54) is 0 Å². The molecular formula is C9H13BrClN3. The Morgan fingerprint density at radius 2 is 2.43 bits per heavy atom. The summed E-state index contributed by atoms with van der Waals surface area (Å²) in [5.41, 5.74) is 5.57. The predicted molar refractivity (Wildman–Crippen MR) is 63.7 cm³/mol. The van der Waals surface area contributed by atoms with Gasteiger partial charge in [0.15, 0.2) is 0 Å². The lowest BCUT2D eigenvalue weighted by molar-refractivity contribution is 0.700. The molecule has 3 N–H and O–H groups in total. The number of halogens is 2. The molecule has 14 heavy (non-hydrogen) atoms. The summed E-state index contributed by atoms with van der Waals surface area (Å²) in [6.45, 7) is 2.64. The van der Waals surface area contributed by atoms with Gasteiger partial charge in [0, 0.05) is 23.3 Å². The zero-order chi connectivity index (χ0) is 10.6. The van der Waals surface area contributed by atoms with Crippen molar-refractivity contribution in [2.75, 3.05) is 11.9 Å². The third kappa shape index (κ3) is 3.12. The molecule has 0 fully saturated rings. The first-order chi connectivity index (χ1) is 6.67. The highest BCUT2D eigenvalue weighted by Gasteiger charge is 2.07. The van der Waals surface area contributed by atoms with Crippen molar-refractivity contribution in [3.63, 3.8) is 0 Å². The Hall–Kier alpha value is -0.320. The predicted octanol–water partition coefficient (Wildman–Crippen LogP) is 2.65. The van der Waals surface area contributed by atoms with Crippen molar-refractivity contribution in [1.29, 1.82) is 0 Å². The van der Waals surface area contributed by atoms with Gasteiger partial charge in [-0.3, -0.25) is 0 Å². The summed E-state index contributed by atoms with van der Waals surface area (Å²) >= 11 is 9.29. The molecule has 0 aromatic carbocycles. The summed E-state index contributed by atoms with van der Waals surface area (Å²) < 4.78 is 0.869. The minimum atomic E-state index is 0.223. The number of hydrogen-bond acceptors (Lipinski definition) is 3. The van der Waals surface area contributed by atoms with Gasteiger partial charge in [-0.15, -0.1) is 0 Å². The van der Waals surface area contributed by atoms with E-state index in [1.54, 1.807) is 12.3 Å². The number of aromatic nitrogens is 1. The lowest BCUT2D eigenvalue weighted by atomic mass is 10.2. The second-order valence-electron chi connectivity index (χ2n) is 2.97. The maximum absolute atomic E-state index is 5.99. The number of pyridine rings is 1. The number of anilines is 1. The molecule has 0 saturated carbocycles. The zero-order valence-corrected chi connectivity index (χ0v) is 10.3. The third-order valence-corrected chi connectivity index (χ3v) is 2.65. The van der Waals surface area contributed by atoms with Crippen LogP contribution in [0.15, 0.2) is 16.7 Å². The molecule has 0 aliphatic heterocycles. The van der Waals surface area contributed by atoms with Gasteiger partial charge in [-0.25, -0.2) is 4.98 Å². The van der Waals surface area contributed by atoms with Crippen molar-refractivity contribution >= 4 is 33.3 Å². The molecule has 0 amide bonds. The third-order valence-electron chi connectivity index (χ3n) is 1.93. The van der Waals surface area contributed by atoms with Crippen molar-refractivity contribution in [2.45, 2.75) is 19.4 Å². The summed E-state index contributed by atoms with van der Waals surface area (Å²) in [5.74, 6) is 0.687. The Bertz CT molecular complexity index is 302. The summed E-state index contributed by atoms with van der Waals surface area (Å²) in [6, 6.07) is 2.03. The van der Waals surface area contributed by atoms with Crippen LogP contribution in [0.5, 0.6) is 0 Å². The Morgan fingerprint density at radius 3 is 2.93 bits per heavy atom. The summed E-state index contributed by atoms with van der Waals surface area (Å²) in [6.07, 6.45) is 2.65. The second-order valence-corrected chi connectivity index (χ2v) is 4.29. The molecule has 3 nitrogen and oxygen atoms in total. The molecule has 1 unspecified atom stereocenters. The molecule has 0 saturated heterocycles. The molecule has 0 aliphatic carbocycles. The first-order valence-corrected chi connectivity index (χ1v) is 5.62. The van der Waals surface area contributed by atoms with Gasteiger partial charge >= 0.3 is 0 Å². The molecule has 1 aromatic rings. The topological polar surface area (TPSA) is 50.9 Å². The summed E-state index contributed by atoms with van der Waals surface area (Å²) in [4.78, 5) is 4.17. The van der Waals surface area contributed by atoms with Gasteiger partial charge in [-0.2, -0.15) is 0 Å². The average molecular weight is 279 g/mol. The van der Waals surface area contributed by atoms with Crippen LogP contribution in [0.1, 0.15) is 13.3 Å². The lowest BCUT2D eigenvalue weighted by Gasteiger charge is -2.15. The minimum Gasteiger partial charge on any atom is -0.365 e. The molecule has 0 radical (unpaired) electrons. The van der Waals surface area contributed by atoms with Gasteiger partial charge in [0.1, 0.15) is 5.82 Å². The van der Waals surface area contributed by atoms with Crippen molar-refractivity contribution in [1.82, 2.24) is 4.98 Å². The number of nitrogens with zero attached hydrogens (tertiary/aromatic N) is 1. The van der Waals surface area contributed by atoms with Gasteiger partial charge in [-0.05, 0) is 28.4 Å². The fraction of sp³-hybridized carbons (Fsp3) is 0.444. The SMILES string of the molecule is CCC(CN)Nc1ncc(Br)cc1Cl. The molecule has 78 valence electrons. The van der Waals surface area contributed by atoms with Crippen LogP contribution >= 0.6 is 27.5 Å². The maximum Gasteiger partial charge on any atom is 0.145 e. The first-order valence-electron chi connectivity index (χ1n) is 4.45. The quantitative estimate of drug-likeness (QED) is 0.890. The highest BCUT2D eigenvalue weighted by Crippen LogP contribution is 2.23. The first kappa shape index (κ1) is 11.8. The highest BCUT2D eigenvalue weighted by atomic mass is 79.9. The molecule has 1 rings (SSSR count). The highest BCUT2D eigenvalue weighted by molar-refractivity contribution is 9.10. The van der Waals surface area contributed by atoms with Crippen LogP contribution in [-0.4, -0.2) is 17.6 Å². The summed E-state index contributed by atoms with van der Waals surface area (Å²) in [5, 5.41) is 3.79. The van der Waals surface area contributed by atoms with E-state index >= 15 is 0 Å². The number of rotatable bonds is 4. The van der Waals surface area contributed by atoms with Gasteiger partial charge in [0.05, 0.1) is 5.02 Å². The molecule has 1 aromatic heterocycles. The van der Waals surface area contributed by atoms with E-state index < -0.39 is 0 Å². The van der Waals surface area contributed by atoms with Gasteiger partial charge in [0.25, 0.3) is 0 Å². The zero-order valence-electron chi connectivity index (χ0n) is 7.93. The van der Waals surface area contributed by atoms with E-state index in [0.717, 1.165) is 10.9 Å². The van der Waals surface area contributed by atoms with Crippen LogP contribution in [0.2, 0.25) is 5.02 Å². The maximum atomic E-state index is 5.99. The van der Waals surface area contributed by atoms with Crippen LogP contribution < -0.4 is 11.1 Å². The molecular weight excluding hydrogens is 265 g/mol. The molecule has 0 spiro atoms. The van der Waals surface area contributed by atoms with E-state index in [0.29, 0.717) is 17.4 Å². The number of hydrogen-bond donors (Lipinski definition) is 2. The monoisotopic (exact) mass is 277 g/mol. The Kier molecular flexibility index (Phi) is 4.65. The molecule has 0 aliphatic rings. The molecule has 0 bridgehead atoms. The van der Waals surface area contributed by atoms with Gasteiger partial charge in [-0.1, -0.05) is 18.5 Å². The smallest absolute Gasteiger partial charge is 0.145 e. The van der Waals surface area contributed by atoms with Crippen LogP contribution in [0, 0.1) is 0 Å². The normalized spacial score (nSPS) is 12.6. The minimum absolute atomic E-state index is 0.223. The molecule has 1 heterocycles. The van der Waals surface area contributed by atoms with Crippen LogP contribution in [-0.2, 0) is 0 Å². The number of nitrogens with two attached hydrogens (primary N) is 1. The molecule has 1 atom stereocenters. The lowest BCUT2D eigenvalue weighted by Crippen LogP contribution is -2.28.